The highest BCUT2D eigenvalue weighted by atomic mass is 32.1. The number of amides is 1. The minimum absolute atomic E-state index is 0.178. The second-order valence-corrected chi connectivity index (χ2v) is 8.27. The fraction of sp³-hybridized carbons (Fsp3) is 0.0400. The fourth-order valence-corrected chi connectivity index (χ4v) is 4.32. The van der Waals surface area contributed by atoms with Gasteiger partial charge in [-0.05, 0) is 18.2 Å². The predicted octanol–water partition coefficient (Wildman–Crippen LogP) is 5.09. The van der Waals surface area contributed by atoms with Gasteiger partial charge in [-0.1, -0.05) is 41.7 Å². The number of pyridine rings is 1. The van der Waals surface area contributed by atoms with Crippen LogP contribution in [-0.4, -0.2) is 33.0 Å². The smallest absolute Gasteiger partial charge is 0.261 e. The molecule has 0 radical (unpaired) electrons. The number of fused-ring (bicyclic) bond motifs is 1. The van der Waals surface area contributed by atoms with Crippen LogP contribution in [0, 0.1) is 17.1 Å². The lowest BCUT2D eigenvalue weighted by Gasteiger charge is -2.12. The second-order valence-electron chi connectivity index (χ2n) is 7.29. The van der Waals surface area contributed by atoms with Crippen molar-refractivity contribution in [1.82, 2.24) is 19.9 Å². The summed E-state index contributed by atoms with van der Waals surface area (Å²) in [5.41, 5.74) is 2.93. The van der Waals surface area contributed by atoms with Crippen LogP contribution in [0.25, 0.3) is 32.9 Å². The second kappa shape index (κ2) is 9.24. The SMILES string of the molecule is COc1ccccc1-c1cncc(F)c1C(=O)Nc1nc2ncc(-c3ccc(C#N)cc3)nc2s1. The molecule has 3 heterocycles. The molecule has 1 amide bonds. The number of nitriles is 1. The van der Waals surface area contributed by atoms with Crippen molar-refractivity contribution in [3.8, 4) is 34.2 Å². The van der Waals surface area contributed by atoms with Crippen molar-refractivity contribution in [1.29, 1.82) is 5.26 Å². The van der Waals surface area contributed by atoms with E-state index in [4.69, 9.17) is 10.00 Å². The number of rotatable bonds is 5. The van der Waals surface area contributed by atoms with Crippen LogP contribution in [0.3, 0.4) is 0 Å². The lowest BCUT2D eigenvalue weighted by Crippen LogP contribution is -2.15. The van der Waals surface area contributed by atoms with E-state index >= 15 is 0 Å². The Kier molecular flexibility index (Phi) is 5.83. The van der Waals surface area contributed by atoms with Gasteiger partial charge in [-0.2, -0.15) is 10.2 Å². The largest absolute Gasteiger partial charge is 0.496 e. The topological polar surface area (TPSA) is 114 Å². The van der Waals surface area contributed by atoms with E-state index in [0.717, 1.165) is 23.1 Å². The fourth-order valence-electron chi connectivity index (χ4n) is 3.53. The van der Waals surface area contributed by atoms with Crippen LogP contribution in [0.15, 0.2) is 67.1 Å². The minimum atomic E-state index is -0.772. The molecule has 8 nitrogen and oxygen atoms in total. The Morgan fingerprint density at radius 3 is 2.63 bits per heavy atom. The van der Waals surface area contributed by atoms with Gasteiger partial charge in [0.1, 0.15) is 5.75 Å². The quantitative estimate of drug-likeness (QED) is 0.371. The van der Waals surface area contributed by atoms with Gasteiger partial charge in [0.25, 0.3) is 5.91 Å². The summed E-state index contributed by atoms with van der Waals surface area (Å²) in [5, 5.41) is 11.9. The van der Waals surface area contributed by atoms with E-state index in [-0.39, 0.29) is 10.7 Å². The van der Waals surface area contributed by atoms with Gasteiger partial charge in [0.05, 0.1) is 42.4 Å². The molecule has 0 atom stereocenters. The third-order valence-corrected chi connectivity index (χ3v) is 6.03. The van der Waals surface area contributed by atoms with E-state index < -0.39 is 11.7 Å². The summed E-state index contributed by atoms with van der Waals surface area (Å²) < 4.78 is 20.2. The first-order valence-electron chi connectivity index (χ1n) is 10.3. The number of carbonyl (C=O) groups is 1. The number of ether oxygens (including phenoxy) is 1. The van der Waals surface area contributed by atoms with Crippen molar-refractivity contribution >= 4 is 32.9 Å². The average Bonchev–Trinajstić information content (AvgIpc) is 3.29. The summed E-state index contributed by atoms with van der Waals surface area (Å²) in [6, 6.07) is 16.0. The summed E-state index contributed by atoms with van der Waals surface area (Å²) in [4.78, 5) is 30.8. The number of para-hydroxylation sites is 1. The predicted molar refractivity (Wildman–Crippen MR) is 129 cm³/mol. The third-order valence-electron chi connectivity index (χ3n) is 5.18. The third kappa shape index (κ3) is 4.28. The Hall–Kier alpha value is -4.75. The van der Waals surface area contributed by atoms with E-state index in [2.05, 4.69) is 31.3 Å². The van der Waals surface area contributed by atoms with Crippen molar-refractivity contribution in [3.63, 3.8) is 0 Å². The Bertz CT molecular complexity index is 1610. The standard InChI is InChI=1S/C25H15FN6O2S/c1-34-20-5-3-2-4-16(20)17-11-28-12-18(26)21(17)23(33)32-25-31-22-24(35-25)30-19(13-29-22)15-8-6-14(10-27)7-9-15/h2-9,11-13H,1H3,(H,29,31,32,33). The summed E-state index contributed by atoms with van der Waals surface area (Å²) in [7, 11) is 1.50. The van der Waals surface area contributed by atoms with Gasteiger partial charge in [-0.15, -0.1) is 0 Å². The highest BCUT2D eigenvalue weighted by Crippen LogP contribution is 2.33. The number of methoxy groups -OCH3 is 1. The molecule has 0 aliphatic rings. The lowest BCUT2D eigenvalue weighted by molar-refractivity contribution is 0.102. The maximum atomic E-state index is 14.8. The zero-order valence-corrected chi connectivity index (χ0v) is 19.0. The molecule has 5 rings (SSSR count). The monoisotopic (exact) mass is 482 g/mol. The summed E-state index contributed by atoms with van der Waals surface area (Å²) in [6.07, 6.45) is 3.97. The Balaban J connectivity index is 1.47. The van der Waals surface area contributed by atoms with Crippen molar-refractivity contribution in [3.05, 3.63) is 84.1 Å². The minimum Gasteiger partial charge on any atom is -0.496 e. The van der Waals surface area contributed by atoms with Crippen molar-refractivity contribution in [2.75, 3.05) is 12.4 Å². The number of hydrogen-bond acceptors (Lipinski definition) is 8. The van der Waals surface area contributed by atoms with Crippen LogP contribution in [0.1, 0.15) is 15.9 Å². The zero-order chi connectivity index (χ0) is 24.4. The number of carbonyl (C=O) groups excluding carboxylic acids is 1. The van der Waals surface area contributed by atoms with Crippen molar-refractivity contribution < 1.29 is 13.9 Å². The number of aromatic nitrogens is 4. The van der Waals surface area contributed by atoms with Gasteiger partial charge in [0.15, 0.2) is 21.4 Å². The first-order valence-corrected chi connectivity index (χ1v) is 11.1. The normalized spacial score (nSPS) is 10.7. The van der Waals surface area contributed by atoms with Crippen LogP contribution >= 0.6 is 11.3 Å². The number of hydrogen-bond donors (Lipinski definition) is 1. The molecule has 0 unspecified atom stereocenters. The molecule has 10 heteroatoms. The van der Waals surface area contributed by atoms with Gasteiger partial charge < -0.3 is 4.74 Å². The lowest BCUT2D eigenvalue weighted by atomic mass is 10.00. The molecule has 0 fully saturated rings. The van der Waals surface area contributed by atoms with E-state index in [1.807, 2.05) is 0 Å². The maximum absolute atomic E-state index is 14.8. The number of thiazole rings is 1. The molecule has 2 aromatic carbocycles. The molecule has 170 valence electrons. The Morgan fingerprint density at radius 2 is 1.86 bits per heavy atom. The van der Waals surface area contributed by atoms with Gasteiger partial charge in [-0.25, -0.2) is 14.4 Å². The molecule has 1 N–H and O–H groups in total. The molecular formula is C25H15FN6O2S. The van der Waals surface area contributed by atoms with E-state index in [1.54, 1.807) is 54.7 Å². The van der Waals surface area contributed by atoms with Crippen molar-refractivity contribution in [2.24, 2.45) is 0 Å². The number of benzene rings is 2. The van der Waals surface area contributed by atoms with Gasteiger partial charge in [-0.3, -0.25) is 15.1 Å². The van der Waals surface area contributed by atoms with Crippen LogP contribution in [0.5, 0.6) is 5.75 Å². The average molecular weight is 483 g/mol. The Labute approximate surface area is 202 Å². The van der Waals surface area contributed by atoms with Gasteiger partial charge >= 0.3 is 0 Å². The number of nitrogens with zero attached hydrogens (tertiary/aromatic N) is 5. The highest BCUT2D eigenvalue weighted by molar-refractivity contribution is 7.21. The van der Waals surface area contributed by atoms with Crippen LogP contribution in [0.4, 0.5) is 9.52 Å². The maximum Gasteiger partial charge on any atom is 0.261 e. The van der Waals surface area contributed by atoms with E-state index in [9.17, 15) is 9.18 Å². The molecule has 0 aliphatic heterocycles. The highest BCUT2D eigenvalue weighted by Gasteiger charge is 2.22. The molecule has 35 heavy (non-hydrogen) atoms. The number of nitrogens with one attached hydrogen (secondary N) is 1. The molecule has 0 saturated carbocycles. The van der Waals surface area contributed by atoms with Gasteiger partial charge in [0, 0.05) is 22.9 Å². The van der Waals surface area contributed by atoms with E-state index in [1.165, 1.54) is 13.3 Å². The van der Waals surface area contributed by atoms with Crippen LogP contribution in [-0.2, 0) is 0 Å². The summed E-state index contributed by atoms with van der Waals surface area (Å²) in [5.74, 6) is -0.971. The molecule has 3 aromatic heterocycles. The van der Waals surface area contributed by atoms with Gasteiger partial charge in [0.2, 0.25) is 0 Å². The van der Waals surface area contributed by atoms with E-state index in [0.29, 0.717) is 38.6 Å². The van der Waals surface area contributed by atoms with Crippen LogP contribution < -0.4 is 10.1 Å². The number of halogens is 1. The molecular weight excluding hydrogens is 467 g/mol. The molecule has 0 spiro atoms. The van der Waals surface area contributed by atoms with Crippen molar-refractivity contribution in [2.45, 2.75) is 0 Å². The first-order chi connectivity index (χ1) is 17.1. The molecule has 0 bridgehead atoms. The van der Waals surface area contributed by atoms with Crippen LogP contribution in [0.2, 0.25) is 0 Å². The molecule has 0 saturated heterocycles. The molecule has 5 aromatic rings. The Morgan fingerprint density at radius 1 is 1.06 bits per heavy atom. The first kappa shape index (κ1) is 22.1. The molecule has 0 aliphatic carbocycles. The summed E-state index contributed by atoms with van der Waals surface area (Å²) >= 11 is 1.12. The number of anilines is 1. The zero-order valence-electron chi connectivity index (χ0n) is 18.2. The summed E-state index contributed by atoms with van der Waals surface area (Å²) in [6.45, 7) is 0.